The first-order valence-electron chi connectivity index (χ1n) is 6.74. The molecule has 1 aliphatic heterocycles. The van der Waals surface area contributed by atoms with Crippen LogP contribution in [-0.2, 0) is 0 Å². The van der Waals surface area contributed by atoms with Gasteiger partial charge in [-0.2, -0.15) is 0 Å². The van der Waals surface area contributed by atoms with E-state index in [1.165, 1.54) is 18.6 Å². The standard InChI is InChI=1S/C15H22FNO/c1-11-8-12(2)17(10-11)7-6-15(18)13-4-3-5-14(16)9-13/h3-5,9,11-12,15,18H,6-8,10H2,1-2H3. The predicted octanol–water partition coefficient (Wildman–Crippen LogP) is 2.98. The van der Waals surface area contributed by atoms with Crippen molar-refractivity contribution in [3.05, 3.63) is 35.6 Å². The first-order chi connectivity index (χ1) is 8.56. The molecule has 2 nitrogen and oxygen atoms in total. The molecule has 1 aliphatic rings. The topological polar surface area (TPSA) is 23.5 Å². The molecule has 3 heteroatoms. The Labute approximate surface area is 108 Å². The van der Waals surface area contributed by atoms with Crippen molar-refractivity contribution in [3.63, 3.8) is 0 Å². The highest BCUT2D eigenvalue weighted by Crippen LogP contribution is 2.24. The molecular weight excluding hydrogens is 229 g/mol. The fraction of sp³-hybridized carbons (Fsp3) is 0.600. The first kappa shape index (κ1) is 13.5. The Morgan fingerprint density at radius 3 is 2.83 bits per heavy atom. The highest BCUT2D eigenvalue weighted by molar-refractivity contribution is 5.18. The summed E-state index contributed by atoms with van der Waals surface area (Å²) >= 11 is 0. The van der Waals surface area contributed by atoms with Crippen molar-refractivity contribution in [2.24, 2.45) is 5.92 Å². The van der Waals surface area contributed by atoms with Gasteiger partial charge in [-0.3, -0.25) is 0 Å². The molecule has 0 aliphatic carbocycles. The third-order valence-electron chi connectivity index (χ3n) is 3.84. The molecule has 18 heavy (non-hydrogen) atoms. The SMILES string of the molecule is CC1CC(C)N(CCC(O)c2cccc(F)c2)C1. The average Bonchev–Trinajstić information content (AvgIpc) is 2.65. The second kappa shape index (κ2) is 5.81. The quantitative estimate of drug-likeness (QED) is 0.889. The number of likely N-dealkylation sites (tertiary alicyclic amines) is 1. The summed E-state index contributed by atoms with van der Waals surface area (Å²) in [5.74, 6) is 0.459. The lowest BCUT2D eigenvalue weighted by Gasteiger charge is -2.22. The Balaban J connectivity index is 1.87. The molecule has 1 fully saturated rings. The van der Waals surface area contributed by atoms with Crippen LogP contribution in [0.3, 0.4) is 0 Å². The maximum atomic E-state index is 13.1. The van der Waals surface area contributed by atoms with Crippen molar-refractivity contribution >= 4 is 0 Å². The number of aliphatic hydroxyl groups is 1. The Hall–Kier alpha value is -0.930. The van der Waals surface area contributed by atoms with Crippen LogP contribution >= 0.6 is 0 Å². The lowest BCUT2D eigenvalue weighted by Crippen LogP contribution is -2.29. The molecule has 0 bridgehead atoms. The third-order valence-corrected chi connectivity index (χ3v) is 3.84. The van der Waals surface area contributed by atoms with Gasteiger partial charge in [0, 0.05) is 19.1 Å². The van der Waals surface area contributed by atoms with Gasteiger partial charge >= 0.3 is 0 Å². The van der Waals surface area contributed by atoms with Gasteiger partial charge in [0.2, 0.25) is 0 Å². The molecule has 0 spiro atoms. The summed E-state index contributed by atoms with van der Waals surface area (Å²) in [7, 11) is 0. The summed E-state index contributed by atoms with van der Waals surface area (Å²) in [6.45, 7) is 6.48. The number of hydrogen-bond acceptors (Lipinski definition) is 2. The van der Waals surface area contributed by atoms with E-state index in [4.69, 9.17) is 0 Å². The fourth-order valence-electron chi connectivity index (χ4n) is 2.87. The zero-order valence-corrected chi connectivity index (χ0v) is 11.1. The van der Waals surface area contributed by atoms with Gasteiger partial charge in [-0.05, 0) is 43.4 Å². The van der Waals surface area contributed by atoms with Crippen LogP contribution in [0.25, 0.3) is 0 Å². The fourth-order valence-corrected chi connectivity index (χ4v) is 2.87. The molecule has 100 valence electrons. The second-order valence-corrected chi connectivity index (χ2v) is 5.54. The van der Waals surface area contributed by atoms with Crippen molar-refractivity contribution in [3.8, 4) is 0 Å². The van der Waals surface area contributed by atoms with E-state index < -0.39 is 6.10 Å². The van der Waals surface area contributed by atoms with Crippen molar-refractivity contribution in [1.82, 2.24) is 4.90 Å². The van der Waals surface area contributed by atoms with E-state index in [-0.39, 0.29) is 5.82 Å². The van der Waals surface area contributed by atoms with E-state index in [0.29, 0.717) is 18.0 Å². The molecule has 0 amide bonds. The minimum Gasteiger partial charge on any atom is -0.388 e. The van der Waals surface area contributed by atoms with Crippen molar-refractivity contribution in [1.29, 1.82) is 0 Å². The minimum absolute atomic E-state index is 0.283. The summed E-state index contributed by atoms with van der Waals surface area (Å²) in [6.07, 6.45) is 1.33. The molecule has 0 radical (unpaired) electrons. The Morgan fingerprint density at radius 1 is 1.44 bits per heavy atom. The van der Waals surface area contributed by atoms with Crippen LogP contribution in [0, 0.1) is 11.7 Å². The zero-order valence-electron chi connectivity index (χ0n) is 11.1. The predicted molar refractivity (Wildman–Crippen MR) is 70.8 cm³/mol. The molecule has 3 unspecified atom stereocenters. The minimum atomic E-state index is -0.566. The molecule has 0 saturated carbocycles. The summed E-state index contributed by atoms with van der Waals surface area (Å²) < 4.78 is 13.1. The van der Waals surface area contributed by atoms with Crippen LogP contribution < -0.4 is 0 Å². The van der Waals surface area contributed by atoms with Gasteiger partial charge in [-0.25, -0.2) is 4.39 Å². The van der Waals surface area contributed by atoms with Gasteiger partial charge in [0.25, 0.3) is 0 Å². The monoisotopic (exact) mass is 251 g/mol. The second-order valence-electron chi connectivity index (χ2n) is 5.54. The molecule has 2 rings (SSSR count). The summed E-state index contributed by atoms with van der Waals surface area (Å²) in [4.78, 5) is 2.41. The van der Waals surface area contributed by atoms with Crippen molar-refractivity contribution in [2.45, 2.75) is 38.8 Å². The summed E-state index contributed by atoms with van der Waals surface area (Å²) in [6, 6.07) is 6.85. The number of benzene rings is 1. The molecule has 1 saturated heterocycles. The number of halogens is 1. The molecule has 0 aromatic heterocycles. The van der Waals surface area contributed by atoms with Gasteiger partial charge in [0.05, 0.1) is 6.10 Å². The molecule has 1 aromatic carbocycles. The van der Waals surface area contributed by atoms with Crippen molar-refractivity contribution < 1.29 is 9.50 Å². The van der Waals surface area contributed by atoms with E-state index in [2.05, 4.69) is 18.7 Å². The maximum Gasteiger partial charge on any atom is 0.123 e. The van der Waals surface area contributed by atoms with Gasteiger partial charge < -0.3 is 10.0 Å². The Morgan fingerprint density at radius 2 is 2.22 bits per heavy atom. The van der Waals surface area contributed by atoms with Crippen LogP contribution in [-0.4, -0.2) is 29.1 Å². The zero-order chi connectivity index (χ0) is 13.1. The Bertz CT molecular complexity index is 396. The van der Waals surface area contributed by atoms with Gasteiger partial charge in [-0.1, -0.05) is 19.1 Å². The lowest BCUT2D eigenvalue weighted by atomic mass is 10.1. The molecule has 3 atom stereocenters. The maximum absolute atomic E-state index is 13.1. The van der Waals surface area contributed by atoms with E-state index in [0.717, 1.165) is 19.0 Å². The largest absolute Gasteiger partial charge is 0.388 e. The first-order valence-corrected chi connectivity index (χ1v) is 6.74. The van der Waals surface area contributed by atoms with Crippen LogP contribution in [0.15, 0.2) is 24.3 Å². The van der Waals surface area contributed by atoms with E-state index in [1.807, 2.05) is 0 Å². The van der Waals surface area contributed by atoms with Crippen LogP contribution in [0.5, 0.6) is 0 Å². The number of nitrogens with zero attached hydrogens (tertiary/aromatic N) is 1. The van der Waals surface area contributed by atoms with Gasteiger partial charge in [0.15, 0.2) is 0 Å². The van der Waals surface area contributed by atoms with Crippen LogP contribution in [0.4, 0.5) is 4.39 Å². The number of hydrogen-bond donors (Lipinski definition) is 1. The average molecular weight is 251 g/mol. The molecule has 1 heterocycles. The van der Waals surface area contributed by atoms with Crippen molar-refractivity contribution in [2.75, 3.05) is 13.1 Å². The van der Waals surface area contributed by atoms with Crippen LogP contribution in [0.1, 0.15) is 38.4 Å². The van der Waals surface area contributed by atoms with Gasteiger partial charge in [0.1, 0.15) is 5.82 Å². The lowest BCUT2D eigenvalue weighted by molar-refractivity contribution is 0.139. The van der Waals surface area contributed by atoms with Crippen LogP contribution in [0.2, 0.25) is 0 Å². The molecule has 1 N–H and O–H groups in total. The Kier molecular flexibility index (Phi) is 4.36. The third kappa shape index (κ3) is 3.30. The number of aliphatic hydroxyl groups excluding tert-OH is 1. The van der Waals surface area contributed by atoms with Gasteiger partial charge in [-0.15, -0.1) is 0 Å². The highest BCUT2D eigenvalue weighted by Gasteiger charge is 2.26. The molecule has 1 aromatic rings. The normalized spacial score (nSPS) is 26.4. The number of rotatable bonds is 4. The highest BCUT2D eigenvalue weighted by atomic mass is 19.1. The molecular formula is C15H22FNO. The summed E-state index contributed by atoms with van der Waals surface area (Å²) in [5, 5.41) is 10.1. The van der Waals surface area contributed by atoms with E-state index >= 15 is 0 Å². The van der Waals surface area contributed by atoms with E-state index in [1.54, 1.807) is 12.1 Å². The van der Waals surface area contributed by atoms with E-state index in [9.17, 15) is 9.50 Å². The summed E-state index contributed by atoms with van der Waals surface area (Å²) in [5.41, 5.74) is 0.676. The smallest absolute Gasteiger partial charge is 0.123 e.